The maximum Gasteiger partial charge on any atom is 0.105 e. The Labute approximate surface area is 120 Å². The van der Waals surface area contributed by atoms with Gasteiger partial charge in [-0.3, -0.25) is 0 Å². The van der Waals surface area contributed by atoms with Gasteiger partial charge in [0, 0.05) is 11.1 Å². The lowest BCUT2D eigenvalue weighted by Gasteiger charge is -2.22. The van der Waals surface area contributed by atoms with Gasteiger partial charge >= 0.3 is 0 Å². The molecule has 0 unspecified atom stereocenters. The van der Waals surface area contributed by atoms with E-state index >= 15 is 0 Å². The quantitative estimate of drug-likeness (QED) is 0.416. The lowest BCUT2D eigenvalue weighted by molar-refractivity contribution is -0.910. The van der Waals surface area contributed by atoms with Gasteiger partial charge in [-0.05, 0) is 40.1 Å². The molecule has 0 saturated heterocycles. The van der Waals surface area contributed by atoms with Crippen LogP contribution in [0.15, 0.2) is 42.5 Å². The van der Waals surface area contributed by atoms with Crippen LogP contribution < -0.4 is 0 Å². The van der Waals surface area contributed by atoms with Gasteiger partial charge in [-0.15, -0.1) is 0 Å². The number of fused-ring (bicyclic) bond motifs is 4. The molecular formula is C19H20N+. The van der Waals surface area contributed by atoms with E-state index in [0.29, 0.717) is 0 Å². The molecule has 0 N–H and O–H groups in total. The predicted molar refractivity (Wildman–Crippen MR) is 85.7 cm³/mol. The lowest BCUT2D eigenvalue weighted by atomic mass is 9.93. The molecule has 0 radical (unpaired) electrons. The molecule has 100 valence electrons. The molecule has 1 aliphatic heterocycles. The summed E-state index contributed by atoms with van der Waals surface area (Å²) in [5, 5.41) is 5.57. The van der Waals surface area contributed by atoms with E-state index in [1.54, 1.807) is 5.56 Å². The standard InChI is InChI=1S/C19H20N/c1-13-18-12-20(2,3)11-16(18)10-15-9-8-14-6-4-5-7-17(14)19(13)15/h4-10H,11-12H2,1-3H3/q+1. The lowest BCUT2D eigenvalue weighted by Crippen LogP contribution is -2.32. The second-order valence-electron chi connectivity index (χ2n) is 6.78. The van der Waals surface area contributed by atoms with Crippen LogP contribution in [0.3, 0.4) is 0 Å². The highest BCUT2D eigenvalue weighted by Gasteiger charge is 2.30. The van der Waals surface area contributed by atoms with Gasteiger partial charge in [-0.25, -0.2) is 0 Å². The molecule has 1 aliphatic rings. The van der Waals surface area contributed by atoms with Crippen molar-refractivity contribution in [3.63, 3.8) is 0 Å². The average molecular weight is 262 g/mol. The van der Waals surface area contributed by atoms with Crippen molar-refractivity contribution in [1.82, 2.24) is 0 Å². The molecule has 0 saturated carbocycles. The van der Waals surface area contributed by atoms with Crippen LogP contribution in [0.4, 0.5) is 0 Å². The third-order valence-corrected chi connectivity index (χ3v) is 4.69. The minimum absolute atomic E-state index is 1.07. The minimum Gasteiger partial charge on any atom is -0.321 e. The zero-order valence-electron chi connectivity index (χ0n) is 12.4. The van der Waals surface area contributed by atoms with Crippen LogP contribution in [0.2, 0.25) is 0 Å². The van der Waals surface area contributed by atoms with Crippen LogP contribution in [-0.2, 0) is 13.1 Å². The van der Waals surface area contributed by atoms with Crippen LogP contribution in [0.25, 0.3) is 21.5 Å². The third kappa shape index (κ3) is 1.60. The van der Waals surface area contributed by atoms with Crippen LogP contribution in [0.1, 0.15) is 16.7 Å². The Hall–Kier alpha value is -1.86. The van der Waals surface area contributed by atoms with Gasteiger partial charge in [0.2, 0.25) is 0 Å². The van der Waals surface area contributed by atoms with E-state index < -0.39 is 0 Å². The molecule has 0 bridgehead atoms. The summed E-state index contributed by atoms with van der Waals surface area (Å²) in [7, 11) is 4.64. The highest BCUT2D eigenvalue weighted by atomic mass is 15.3. The highest BCUT2D eigenvalue weighted by Crippen LogP contribution is 2.37. The van der Waals surface area contributed by atoms with E-state index in [2.05, 4.69) is 63.5 Å². The molecule has 4 rings (SSSR count). The summed E-state index contributed by atoms with van der Waals surface area (Å²) in [5.74, 6) is 0. The minimum atomic E-state index is 1.07. The number of aryl methyl sites for hydroxylation is 1. The van der Waals surface area contributed by atoms with Gasteiger partial charge in [-0.2, -0.15) is 0 Å². The fourth-order valence-electron chi connectivity index (χ4n) is 3.80. The molecule has 1 nitrogen and oxygen atoms in total. The Morgan fingerprint density at radius 3 is 2.50 bits per heavy atom. The zero-order valence-corrected chi connectivity index (χ0v) is 12.4. The highest BCUT2D eigenvalue weighted by molar-refractivity contribution is 6.09. The van der Waals surface area contributed by atoms with Crippen molar-refractivity contribution >= 4 is 21.5 Å². The molecule has 0 amide bonds. The molecule has 3 aromatic carbocycles. The maximum absolute atomic E-state index is 2.41. The van der Waals surface area contributed by atoms with Gasteiger partial charge in [0.15, 0.2) is 0 Å². The first-order valence-corrected chi connectivity index (χ1v) is 7.30. The Morgan fingerprint density at radius 1 is 0.900 bits per heavy atom. The first-order chi connectivity index (χ1) is 9.55. The topological polar surface area (TPSA) is 0 Å². The summed E-state index contributed by atoms with van der Waals surface area (Å²) in [5.41, 5.74) is 4.59. The first-order valence-electron chi connectivity index (χ1n) is 7.30. The Balaban J connectivity index is 2.14. The molecule has 20 heavy (non-hydrogen) atoms. The SMILES string of the molecule is Cc1c2c(cc3ccc4ccccc4c13)C[N+](C)(C)C2. The predicted octanol–water partition coefficient (Wildman–Crippen LogP) is 4.39. The second kappa shape index (κ2) is 3.83. The van der Waals surface area contributed by atoms with Crippen LogP contribution in [-0.4, -0.2) is 18.6 Å². The molecule has 3 aromatic rings. The fourth-order valence-corrected chi connectivity index (χ4v) is 3.80. The number of hydrogen-bond acceptors (Lipinski definition) is 0. The van der Waals surface area contributed by atoms with E-state index in [1.807, 2.05) is 0 Å². The van der Waals surface area contributed by atoms with Crippen molar-refractivity contribution in [1.29, 1.82) is 0 Å². The van der Waals surface area contributed by atoms with E-state index in [1.165, 1.54) is 32.7 Å². The molecular weight excluding hydrogens is 242 g/mol. The van der Waals surface area contributed by atoms with Gasteiger partial charge in [0.05, 0.1) is 14.1 Å². The smallest absolute Gasteiger partial charge is 0.105 e. The van der Waals surface area contributed by atoms with Gasteiger partial charge in [0.25, 0.3) is 0 Å². The van der Waals surface area contributed by atoms with Crippen molar-refractivity contribution in [3.05, 3.63) is 59.2 Å². The summed E-state index contributed by atoms with van der Waals surface area (Å²) in [6.07, 6.45) is 0. The van der Waals surface area contributed by atoms with E-state index in [4.69, 9.17) is 0 Å². The van der Waals surface area contributed by atoms with Crippen molar-refractivity contribution in [2.24, 2.45) is 0 Å². The molecule has 0 aromatic heterocycles. The second-order valence-corrected chi connectivity index (χ2v) is 6.78. The van der Waals surface area contributed by atoms with E-state index in [0.717, 1.165) is 17.6 Å². The summed E-state index contributed by atoms with van der Waals surface area (Å²) in [4.78, 5) is 0. The summed E-state index contributed by atoms with van der Waals surface area (Å²) in [6, 6.07) is 15.7. The van der Waals surface area contributed by atoms with Crippen molar-refractivity contribution < 1.29 is 4.48 Å². The average Bonchev–Trinajstić information content (AvgIpc) is 2.73. The number of rotatable bonds is 0. The Bertz CT molecular complexity index is 843. The first kappa shape index (κ1) is 11.9. The summed E-state index contributed by atoms with van der Waals surface area (Å²) < 4.78 is 1.07. The van der Waals surface area contributed by atoms with Gasteiger partial charge in [-0.1, -0.05) is 36.4 Å². The number of nitrogens with zero attached hydrogens (tertiary/aromatic N) is 1. The largest absolute Gasteiger partial charge is 0.321 e. The van der Waals surface area contributed by atoms with Gasteiger partial charge in [0.1, 0.15) is 13.1 Å². The number of hydrogen-bond donors (Lipinski definition) is 0. The molecule has 0 atom stereocenters. The number of benzene rings is 3. The van der Waals surface area contributed by atoms with Crippen LogP contribution in [0.5, 0.6) is 0 Å². The monoisotopic (exact) mass is 262 g/mol. The third-order valence-electron chi connectivity index (χ3n) is 4.69. The molecule has 0 fully saturated rings. The van der Waals surface area contributed by atoms with E-state index in [9.17, 15) is 0 Å². The number of quaternary nitrogens is 1. The Morgan fingerprint density at radius 2 is 1.65 bits per heavy atom. The summed E-state index contributed by atoms with van der Waals surface area (Å²) in [6.45, 7) is 4.61. The van der Waals surface area contributed by atoms with Crippen molar-refractivity contribution in [2.75, 3.05) is 14.1 Å². The normalized spacial score (nSPS) is 16.8. The molecule has 1 heteroatoms. The molecule has 1 heterocycles. The van der Waals surface area contributed by atoms with E-state index in [-0.39, 0.29) is 0 Å². The summed E-state index contributed by atoms with van der Waals surface area (Å²) >= 11 is 0. The van der Waals surface area contributed by atoms with Crippen molar-refractivity contribution in [2.45, 2.75) is 20.0 Å². The fraction of sp³-hybridized carbons (Fsp3) is 0.263. The van der Waals surface area contributed by atoms with Crippen molar-refractivity contribution in [3.8, 4) is 0 Å². The zero-order chi connectivity index (χ0) is 13.9. The van der Waals surface area contributed by atoms with Gasteiger partial charge < -0.3 is 4.48 Å². The van der Waals surface area contributed by atoms with Crippen LogP contribution in [0, 0.1) is 6.92 Å². The molecule has 0 spiro atoms. The van der Waals surface area contributed by atoms with Crippen LogP contribution >= 0.6 is 0 Å². The Kier molecular flexibility index (Phi) is 2.28. The molecule has 0 aliphatic carbocycles. The maximum atomic E-state index is 2.41.